The predicted molar refractivity (Wildman–Crippen MR) is 68.3 cm³/mol. The highest BCUT2D eigenvalue weighted by atomic mass is 35.5. The van der Waals surface area contributed by atoms with E-state index in [4.69, 9.17) is 16.0 Å². The van der Waals surface area contributed by atoms with E-state index >= 15 is 0 Å². The first-order valence-corrected chi connectivity index (χ1v) is 6.93. The smallest absolute Gasteiger partial charge is 0.315 e. The van der Waals surface area contributed by atoms with Crippen LogP contribution in [0.25, 0.3) is 0 Å². The molecule has 0 saturated heterocycles. The minimum absolute atomic E-state index is 0.516. The Bertz CT molecular complexity index is 342. The highest BCUT2D eigenvalue weighted by Crippen LogP contribution is 2.28. The zero-order valence-electron chi connectivity index (χ0n) is 10.3. The first-order chi connectivity index (χ1) is 8.28. The predicted octanol–water partition coefficient (Wildman–Crippen LogP) is 3.09. The van der Waals surface area contributed by atoms with Crippen molar-refractivity contribution in [1.29, 1.82) is 0 Å². The maximum atomic E-state index is 5.61. The van der Waals surface area contributed by atoms with E-state index in [2.05, 4.69) is 22.4 Å². The van der Waals surface area contributed by atoms with Crippen LogP contribution in [-0.2, 0) is 6.42 Å². The van der Waals surface area contributed by atoms with Gasteiger partial charge in [0, 0.05) is 18.8 Å². The summed E-state index contributed by atoms with van der Waals surface area (Å²) in [5.41, 5.74) is 0. The van der Waals surface area contributed by atoms with Crippen LogP contribution in [0.1, 0.15) is 38.5 Å². The summed E-state index contributed by atoms with van der Waals surface area (Å²) in [6, 6.07) is 0.531. The van der Waals surface area contributed by atoms with Crippen LogP contribution in [0.5, 0.6) is 0 Å². The van der Waals surface area contributed by atoms with Crippen molar-refractivity contribution in [2.24, 2.45) is 11.8 Å². The summed E-state index contributed by atoms with van der Waals surface area (Å²) in [5, 5.41) is 11.1. The molecule has 0 aliphatic heterocycles. The molecule has 2 atom stereocenters. The summed E-state index contributed by atoms with van der Waals surface area (Å²) < 4.78 is 5.42. The van der Waals surface area contributed by atoms with E-state index in [0.29, 0.717) is 24.2 Å². The average Bonchev–Trinajstić information content (AvgIpc) is 2.75. The second kappa shape index (κ2) is 6.24. The van der Waals surface area contributed by atoms with Crippen LogP contribution in [0.15, 0.2) is 4.42 Å². The number of nitrogens with zero attached hydrogens (tertiary/aromatic N) is 2. The number of halogens is 1. The number of rotatable bonds is 5. The minimum Gasteiger partial charge on any atom is -0.408 e. The maximum absolute atomic E-state index is 5.61. The molecule has 1 aliphatic carbocycles. The molecular weight excluding hydrogens is 238 g/mol. The molecule has 1 aliphatic rings. The minimum atomic E-state index is 0.516. The van der Waals surface area contributed by atoms with Crippen LogP contribution in [0, 0.1) is 11.8 Å². The van der Waals surface area contributed by atoms with Crippen LogP contribution in [0.3, 0.4) is 0 Å². The monoisotopic (exact) mass is 257 g/mol. The van der Waals surface area contributed by atoms with Crippen molar-refractivity contribution in [3.8, 4) is 0 Å². The van der Waals surface area contributed by atoms with E-state index < -0.39 is 0 Å². The van der Waals surface area contributed by atoms with E-state index in [1.165, 1.54) is 25.7 Å². The van der Waals surface area contributed by atoms with Gasteiger partial charge in [0.25, 0.3) is 0 Å². The molecule has 0 aromatic carbocycles. The van der Waals surface area contributed by atoms with Gasteiger partial charge in [-0.2, -0.15) is 0 Å². The lowest BCUT2D eigenvalue weighted by molar-refractivity contribution is 0.292. The quantitative estimate of drug-likeness (QED) is 0.824. The van der Waals surface area contributed by atoms with Gasteiger partial charge in [-0.15, -0.1) is 16.7 Å². The summed E-state index contributed by atoms with van der Waals surface area (Å²) in [7, 11) is 0. The van der Waals surface area contributed by atoms with Gasteiger partial charge in [0.05, 0.1) is 0 Å². The lowest BCUT2D eigenvalue weighted by Gasteiger charge is -2.26. The van der Waals surface area contributed by atoms with Gasteiger partial charge in [0.2, 0.25) is 5.89 Å². The second-order valence-corrected chi connectivity index (χ2v) is 5.34. The first-order valence-electron chi connectivity index (χ1n) is 6.40. The molecule has 1 fully saturated rings. The van der Waals surface area contributed by atoms with Crippen molar-refractivity contribution in [1.82, 2.24) is 10.2 Å². The lowest BCUT2D eigenvalue weighted by atomic mass is 9.82. The Hall–Kier alpha value is -0.770. The van der Waals surface area contributed by atoms with Crippen molar-refractivity contribution in [3.63, 3.8) is 0 Å². The molecule has 5 heteroatoms. The van der Waals surface area contributed by atoms with E-state index in [-0.39, 0.29) is 0 Å². The molecule has 0 radical (unpaired) electrons. The van der Waals surface area contributed by atoms with E-state index in [0.717, 1.165) is 18.4 Å². The van der Waals surface area contributed by atoms with E-state index in [1.807, 2.05) is 0 Å². The Kier molecular flexibility index (Phi) is 4.66. The third kappa shape index (κ3) is 3.87. The highest BCUT2D eigenvalue weighted by molar-refractivity contribution is 6.17. The highest BCUT2D eigenvalue weighted by Gasteiger charge is 2.19. The molecule has 2 unspecified atom stereocenters. The molecule has 0 spiro atoms. The fourth-order valence-electron chi connectivity index (χ4n) is 2.48. The van der Waals surface area contributed by atoms with Gasteiger partial charge in [-0.05, 0) is 24.7 Å². The molecular formula is C12H20ClN3O. The fourth-order valence-corrected chi connectivity index (χ4v) is 2.65. The molecule has 1 N–H and O–H groups in total. The van der Waals surface area contributed by atoms with Gasteiger partial charge in [0.1, 0.15) is 0 Å². The van der Waals surface area contributed by atoms with Crippen LogP contribution in [0.2, 0.25) is 0 Å². The van der Waals surface area contributed by atoms with E-state index in [9.17, 15) is 0 Å². The zero-order chi connectivity index (χ0) is 12.1. The number of hydrogen-bond acceptors (Lipinski definition) is 4. The Morgan fingerprint density at radius 2 is 2.29 bits per heavy atom. The largest absolute Gasteiger partial charge is 0.408 e. The van der Waals surface area contributed by atoms with Gasteiger partial charge in [-0.25, -0.2) is 0 Å². The molecule has 1 heterocycles. The number of nitrogens with one attached hydrogen (secondary N) is 1. The normalized spacial score (nSPS) is 24.8. The maximum Gasteiger partial charge on any atom is 0.315 e. The lowest BCUT2D eigenvalue weighted by Crippen LogP contribution is -2.21. The van der Waals surface area contributed by atoms with Gasteiger partial charge < -0.3 is 9.73 Å². The molecule has 1 saturated carbocycles. The molecule has 4 nitrogen and oxygen atoms in total. The molecule has 2 rings (SSSR count). The first kappa shape index (κ1) is 12.7. The van der Waals surface area contributed by atoms with Gasteiger partial charge >= 0.3 is 6.01 Å². The third-order valence-corrected chi connectivity index (χ3v) is 3.55. The Morgan fingerprint density at radius 1 is 1.41 bits per heavy atom. The standard InChI is InChI=1S/C12H20ClN3O/c1-9-3-2-4-10(7-9)8-14-12-16-15-11(17-12)5-6-13/h9-10H,2-8H2,1H3,(H,14,16). The van der Waals surface area contributed by atoms with Gasteiger partial charge in [0.15, 0.2) is 0 Å². The van der Waals surface area contributed by atoms with Crippen LogP contribution in [0.4, 0.5) is 6.01 Å². The van der Waals surface area contributed by atoms with Gasteiger partial charge in [-0.1, -0.05) is 24.9 Å². The topological polar surface area (TPSA) is 51.0 Å². The van der Waals surface area contributed by atoms with Crippen LogP contribution in [-0.4, -0.2) is 22.6 Å². The number of aryl methyl sites for hydroxylation is 1. The zero-order valence-corrected chi connectivity index (χ0v) is 11.0. The van der Waals surface area contributed by atoms with Crippen LogP contribution >= 0.6 is 11.6 Å². The number of alkyl halides is 1. The molecule has 17 heavy (non-hydrogen) atoms. The van der Waals surface area contributed by atoms with Crippen LogP contribution < -0.4 is 5.32 Å². The third-order valence-electron chi connectivity index (χ3n) is 3.36. The number of hydrogen-bond donors (Lipinski definition) is 1. The Labute approximate surface area is 107 Å². The van der Waals surface area contributed by atoms with Crippen molar-refractivity contribution < 1.29 is 4.42 Å². The number of aromatic nitrogens is 2. The molecule has 1 aromatic rings. The van der Waals surface area contributed by atoms with Gasteiger partial charge in [-0.3, -0.25) is 0 Å². The fraction of sp³-hybridized carbons (Fsp3) is 0.833. The summed E-state index contributed by atoms with van der Waals surface area (Å²) in [6.07, 6.45) is 5.96. The SMILES string of the molecule is CC1CCCC(CNc2nnc(CCCl)o2)C1. The van der Waals surface area contributed by atoms with Crippen molar-refractivity contribution in [2.45, 2.75) is 39.0 Å². The molecule has 0 amide bonds. The molecule has 0 bridgehead atoms. The summed E-state index contributed by atoms with van der Waals surface area (Å²) in [6.45, 7) is 3.27. The average molecular weight is 258 g/mol. The number of anilines is 1. The molecule has 96 valence electrons. The van der Waals surface area contributed by atoms with Crippen molar-refractivity contribution in [2.75, 3.05) is 17.7 Å². The summed E-state index contributed by atoms with van der Waals surface area (Å²) in [5.74, 6) is 2.72. The molecule has 1 aromatic heterocycles. The summed E-state index contributed by atoms with van der Waals surface area (Å²) in [4.78, 5) is 0. The Balaban J connectivity index is 1.76. The van der Waals surface area contributed by atoms with E-state index in [1.54, 1.807) is 0 Å². The van der Waals surface area contributed by atoms with Crippen molar-refractivity contribution in [3.05, 3.63) is 5.89 Å². The second-order valence-electron chi connectivity index (χ2n) is 4.96. The Morgan fingerprint density at radius 3 is 3.06 bits per heavy atom. The summed E-state index contributed by atoms with van der Waals surface area (Å²) >= 11 is 5.61. The van der Waals surface area contributed by atoms with Crippen molar-refractivity contribution >= 4 is 17.6 Å².